The number of anilines is 1. The Bertz CT molecular complexity index is 1600. The molecule has 3 aromatic rings. The molecule has 5 rings (SSSR count). The molecule has 2 atom stereocenters. The predicted octanol–water partition coefficient (Wildman–Crippen LogP) is 2.51. The van der Waals surface area contributed by atoms with E-state index in [1.807, 2.05) is 0 Å². The van der Waals surface area contributed by atoms with E-state index < -0.39 is 48.1 Å². The molecule has 0 radical (unpaired) electrons. The van der Waals surface area contributed by atoms with E-state index in [1.54, 1.807) is 0 Å². The number of carbonyl (C=O) groups is 3. The molecule has 1 saturated heterocycles. The van der Waals surface area contributed by atoms with E-state index in [1.165, 1.54) is 34.9 Å². The van der Waals surface area contributed by atoms with Gasteiger partial charge in [-0.1, -0.05) is 16.9 Å². The summed E-state index contributed by atoms with van der Waals surface area (Å²) in [6, 6.07) is 2.59. The number of rotatable bonds is 10. The van der Waals surface area contributed by atoms with Gasteiger partial charge >= 0.3 is 5.97 Å². The van der Waals surface area contributed by atoms with Gasteiger partial charge in [0.1, 0.15) is 30.7 Å². The van der Waals surface area contributed by atoms with Crippen LogP contribution in [0.2, 0.25) is 0 Å². The molecule has 2 aliphatic heterocycles. The van der Waals surface area contributed by atoms with Crippen LogP contribution in [0, 0.1) is 10.1 Å². The average molecular weight is 608 g/mol. The van der Waals surface area contributed by atoms with Crippen LogP contribution in [0.4, 0.5) is 15.2 Å². The van der Waals surface area contributed by atoms with Crippen LogP contribution in [0.3, 0.4) is 0 Å². The van der Waals surface area contributed by atoms with Gasteiger partial charge in [0.05, 0.1) is 21.2 Å². The number of oxime groups is 1. The summed E-state index contributed by atoms with van der Waals surface area (Å²) < 4.78 is 13.5. The van der Waals surface area contributed by atoms with Gasteiger partial charge in [-0.25, -0.2) is 19.2 Å². The topological polar surface area (TPSA) is 203 Å². The van der Waals surface area contributed by atoms with E-state index in [0.717, 1.165) is 28.0 Å². The Labute approximate surface area is 235 Å². The van der Waals surface area contributed by atoms with Gasteiger partial charge in [-0.2, -0.15) is 0 Å². The number of nitro benzene ring substituents is 1. The number of carbonyl (C=O) groups excluding carboxylic acids is 2. The van der Waals surface area contributed by atoms with Crippen LogP contribution < -0.4 is 11.1 Å². The summed E-state index contributed by atoms with van der Waals surface area (Å²) in [5.74, 6) is -2.76. The molecule has 0 aliphatic carbocycles. The van der Waals surface area contributed by atoms with Gasteiger partial charge in [0, 0.05) is 22.4 Å². The van der Waals surface area contributed by atoms with Crippen LogP contribution >= 0.6 is 34.4 Å². The number of aliphatic carboxylic acids is 1. The van der Waals surface area contributed by atoms with E-state index in [-0.39, 0.29) is 34.3 Å². The van der Waals surface area contributed by atoms with Crippen molar-refractivity contribution in [1.29, 1.82) is 0 Å². The number of nitrogens with one attached hydrogen (secondary N) is 1. The maximum atomic E-state index is 13.1. The molecule has 2 aliphatic rings. The largest absolute Gasteiger partial charge is 0.477 e. The zero-order valence-electron chi connectivity index (χ0n) is 20.1. The lowest BCUT2D eigenvalue weighted by Crippen LogP contribution is -2.72. The molecular formula is C22H18FN7O7S3. The summed E-state index contributed by atoms with van der Waals surface area (Å²) in [6.45, 7) is -1.23. The molecule has 2 amide bonds. The summed E-state index contributed by atoms with van der Waals surface area (Å²) in [5, 5.41) is 28.9. The number of nitrogens with two attached hydrogens (primary N) is 1. The maximum Gasteiger partial charge on any atom is 0.353 e. The predicted molar refractivity (Wildman–Crippen MR) is 144 cm³/mol. The van der Waals surface area contributed by atoms with E-state index in [2.05, 4.69) is 20.4 Å². The monoisotopic (exact) mass is 607 g/mol. The first-order valence-corrected chi connectivity index (χ1v) is 14.0. The summed E-state index contributed by atoms with van der Waals surface area (Å²) in [5.41, 5.74) is 5.65. The standard InChI is InChI=1S/C22H18FN7O7S3/c23-5-6-37-28-15(11-8-38-21(24)25-11)18(31)27-16-12-3-4-13(17(20(33)34)29(12)19(16)32)39-22-26-10-2-1-9(30(35)36)7-14(10)40-22/h1-2,7-8,12,16H,3-6H2,(H2,24,25)(H,27,31)(H,33,34)/b28-15+/t12-,16+/m1/s1. The highest BCUT2D eigenvalue weighted by Crippen LogP contribution is 2.45. The van der Waals surface area contributed by atoms with Gasteiger partial charge in [0.15, 0.2) is 15.2 Å². The molecule has 40 heavy (non-hydrogen) atoms. The molecule has 0 bridgehead atoms. The quantitative estimate of drug-likeness (QED) is 0.100. The third-order valence-electron chi connectivity index (χ3n) is 5.96. The number of thioether (sulfide) groups is 1. The number of nitro groups is 1. The highest BCUT2D eigenvalue weighted by Gasteiger charge is 2.54. The number of non-ortho nitro benzene ring substituents is 1. The second-order valence-electron chi connectivity index (χ2n) is 8.37. The van der Waals surface area contributed by atoms with E-state index >= 15 is 0 Å². The fourth-order valence-electron chi connectivity index (χ4n) is 4.24. The Hall–Kier alpha value is -4.16. The number of carboxylic acid groups (broad SMARTS) is 1. The Kier molecular flexibility index (Phi) is 7.63. The number of β-lactam (4-membered cyclic amide) rings is 1. The molecule has 1 aromatic carbocycles. The van der Waals surface area contributed by atoms with Crippen molar-refractivity contribution >= 4 is 79.0 Å². The first-order valence-electron chi connectivity index (χ1n) is 11.5. The highest BCUT2D eigenvalue weighted by molar-refractivity contribution is 8.04. The number of aromatic nitrogens is 2. The van der Waals surface area contributed by atoms with Gasteiger partial charge in [-0.15, -0.1) is 22.7 Å². The number of benzene rings is 1. The van der Waals surface area contributed by atoms with Crippen molar-refractivity contribution in [1.82, 2.24) is 20.2 Å². The summed E-state index contributed by atoms with van der Waals surface area (Å²) >= 11 is 3.31. The number of hydrogen-bond donors (Lipinski definition) is 3. The first kappa shape index (κ1) is 27.4. The Morgan fingerprint density at radius 3 is 2.88 bits per heavy atom. The van der Waals surface area contributed by atoms with E-state index in [4.69, 9.17) is 10.6 Å². The van der Waals surface area contributed by atoms with Crippen LogP contribution in [0.1, 0.15) is 18.5 Å². The number of carboxylic acids is 1. The number of alkyl halides is 1. The van der Waals surface area contributed by atoms with Gasteiger partial charge in [0.2, 0.25) is 0 Å². The van der Waals surface area contributed by atoms with Crippen molar-refractivity contribution in [2.75, 3.05) is 19.0 Å². The Balaban J connectivity index is 1.35. The van der Waals surface area contributed by atoms with E-state index in [9.17, 15) is 34.0 Å². The SMILES string of the molecule is Nc1nc(/C(=N\OCCF)C(=O)N[C@@H]2C(=O)N3C(C(=O)O)=C(Sc4nc5ccc([N+](=O)[O-])cc5s4)CC[C@H]23)cs1. The van der Waals surface area contributed by atoms with Crippen molar-refractivity contribution in [3.63, 3.8) is 0 Å². The van der Waals surface area contributed by atoms with Crippen molar-refractivity contribution in [3.8, 4) is 0 Å². The van der Waals surface area contributed by atoms with Gasteiger partial charge < -0.3 is 21.0 Å². The molecule has 2 aromatic heterocycles. The number of hydrogen-bond acceptors (Lipinski definition) is 13. The zero-order chi connectivity index (χ0) is 28.6. The number of nitrogens with zero attached hydrogens (tertiary/aromatic N) is 5. The smallest absolute Gasteiger partial charge is 0.353 e. The molecule has 0 unspecified atom stereocenters. The number of thiazole rings is 2. The summed E-state index contributed by atoms with van der Waals surface area (Å²) in [6.07, 6.45) is 0.632. The van der Waals surface area contributed by atoms with Crippen LogP contribution in [-0.4, -0.2) is 73.8 Å². The lowest BCUT2D eigenvalue weighted by atomic mass is 9.86. The number of allylic oxidation sites excluding steroid dienone is 1. The van der Waals surface area contributed by atoms with Crippen molar-refractivity contribution in [2.45, 2.75) is 29.3 Å². The third-order valence-corrected chi connectivity index (χ3v) is 8.86. The van der Waals surface area contributed by atoms with Crippen molar-refractivity contribution < 1.29 is 33.6 Å². The van der Waals surface area contributed by atoms with Crippen molar-refractivity contribution in [2.24, 2.45) is 5.16 Å². The molecule has 18 heteroatoms. The molecule has 208 valence electrons. The number of amides is 2. The second kappa shape index (κ2) is 11.1. The van der Waals surface area contributed by atoms with Crippen LogP contribution in [-0.2, 0) is 19.2 Å². The normalized spacial score (nSPS) is 18.9. The second-order valence-corrected chi connectivity index (χ2v) is 11.6. The molecule has 4 heterocycles. The van der Waals surface area contributed by atoms with E-state index in [0.29, 0.717) is 25.9 Å². The van der Waals surface area contributed by atoms with Crippen LogP contribution in [0.5, 0.6) is 0 Å². The first-order chi connectivity index (χ1) is 19.2. The lowest BCUT2D eigenvalue weighted by Gasteiger charge is -2.49. The number of nitrogen functional groups attached to an aromatic ring is 1. The fourth-order valence-corrected chi connectivity index (χ4v) is 7.11. The summed E-state index contributed by atoms with van der Waals surface area (Å²) in [7, 11) is 0. The molecule has 14 nitrogen and oxygen atoms in total. The summed E-state index contributed by atoms with van der Waals surface area (Å²) in [4.78, 5) is 63.6. The Morgan fingerprint density at radius 1 is 1.40 bits per heavy atom. The average Bonchev–Trinajstić information content (AvgIpc) is 3.53. The minimum atomic E-state index is -1.32. The zero-order valence-corrected chi connectivity index (χ0v) is 22.6. The van der Waals surface area contributed by atoms with Crippen LogP contribution in [0.15, 0.2) is 43.7 Å². The number of fused-ring (bicyclic) bond motifs is 2. The molecule has 0 saturated carbocycles. The van der Waals surface area contributed by atoms with Gasteiger partial charge in [0.25, 0.3) is 17.5 Å². The Morgan fingerprint density at radius 2 is 2.20 bits per heavy atom. The molecule has 4 N–H and O–H groups in total. The fraction of sp³-hybridized carbons (Fsp3) is 0.273. The third kappa shape index (κ3) is 5.19. The maximum absolute atomic E-state index is 13.1. The van der Waals surface area contributed by atoms with Crippen molar-refractivity contribution in [3.05, 3.63) is 50.0 Å². The lowest BCUT2D eigenvalue weighted by molar-refractivity contribution is -0.384. The number of halogens is 1. The molecule has 1 fully saturated rings. The van der Waals surface area contributed by atoms with Crippen LogP contribution in [0.25, 0.3) is 10.2 Å². The van der Waals surface area contributed by atoms with Gasteiger partial charge in [-0.3, -0.25) is 24.6 Å². The molecular weight excluding hydrogens is 589 g/mol. The minimum absolute atomic E-state index is 0.0807. The highest BCUT2D eigenvalue weighted by atomic mass is 32.2. The minimum Gasteiger partial charge on any atom is -0.477 e. The van der Waals surface area contributed by atoms with Gasteiger partial charge in [-0.05, 0) is 18.9 Å². The molecule has 0 spiro atoms.